The van der Waals surface area contributed by atoms with Crippen LogP contribution in [-0.2, 0) is 0 Å². The first-order valence-electron chi connectivity index (χ1n) is 6.82. The molecule has 1 fully saturated rings. The van der Waals surface area contributed by atoms with Crippen LogP contribution in [0.1, 0.15) is 24.8 Å². The van der Waals surface area contributed by atoms with Gasteiger partial charge >= 0.3 is 0 Å². The molecule has 1 aliphatic heterocycles. The highest BCUT2D eigenvalue weighted by atomic mass is 16.6. The maximum atomic E-state index is 11.1. The number of nitrogens with two attached hydrogens (primary N) is 1. The molecule has 0 saturated carbocycles. The van der Waals surface area contributed by atoms with Crippen molar-refractivity contribution in [2.75, 3.05) is 24.5 Å². The quantitative estimate of drug-likeness (QED) is 0.669. The Balaban J connectivity index is 2.17. The van der Waals surface area contributed by atoms with Gasteiger partial charge in [-0.1, -0.05) is 12.1 Å². The second kappa shape index (κ2) is 6.02. The minimum Gasteiger partial charge on any atom is -0.366 e. The van der Waals surface area contributed by atoms with E-state index in [0.29, 0.717) is 5.92 Å². The van der Waals surface area contributed by atoms with E-state index < -0.39 is 0 Å². The number of para-hydroxylation sites is 1. The third-order valence-corrected chi connectivity index (χ3v) is 3.92. The second-order valence-electron chi connectivity index (χ2n) is 5.21. The van der Waals surface area contributed by atoms with E-state index in [9.17, 15) is 10.1 Å². The number of hydrogen-bond acceptors (Lipinski definition) is 4. The Bertz CT molecular complexity index is 454. The molecule has 1 saturated heterocycles. The molecule has 0 spiro atoms. The molecule has 0 atom stereocenters. The maximum Gasteiger partial charge on any atom is 0.292 e. The molecule has 0 bridgehead atoms. The van der Waals surface area contributed by atoms with Gasteiger partial charge in [-0.2, -0.15) is 0 Å². The first kappa shape index (κ1) is 13.8. The highest BCUT2D eigenvalue weighted by Crippen LogP contribution is 2.34. The number of aryl methyl sites for hydroxylation is 1. The topological polar surface area (TPSA) is 72.4 Å². The highest BCUT2D eigenvalue weighted by Gasteiger charge is 2.25. The van der Waals surface area contributed by atoms with Crippen LogP contribution in [0.4, 0.5) is 11.4 Å². The van der Waals surface area contributed by atoms with Gasteiger partial charge in [0, 0.05) is 19.2 Å². The number of nitro groups is 1. The van der Waals surface area contributed by atoms with Crippen molar-refractivity contribution in [1.29, 1.82) is 0 Å². The van der Waals surface area contributed by atoms with E-state index >= 15 is 0 Å². The summed E-state index contributed by atoms with van der Waals surface area (Å²) < 4.78 is 0. The monoisotopic (exact) mass is 263 g/mol. The number of anilines is 1. The molecule has 0 radical (unpaired) electrons. The van der Waals surface area contributed by atoms with Crippen LogP contribution in [0.3, 0.4) is 0 Å². The summed E-state index contributed by atoms with van der Waals surface area (Å²) in [5.74, 6) is 0.671. The van der Waals surface area contributed by atoms with Gasteiger partial charge in [0.1, 0.15) is 5.69 Å². The predicted molar refractivity (Wildman–Crippen MR) is 76.4 cm³/mol. The van der Waals surface area contributed by atoms with E-state index in [1.807, 2.05) is 13.0 Å². The third kappa shape index (κ3) is 3.04. The van der Waals surface area contributed by atoms with E-state index in [1.165, 1.54) is 0 Å². The van der Waals surface area contributed by atoms with Crippen LogP contribution in [0, 0.1) is 23.0 Å². The molecule has 1 heterocycles. The Hall–Kier alpha value is -1.62. The third-order valence-electron chi connectivity index (χ3n) is 3.92. The number of hydrogen-bond donors (Lipinski definition) is 1. The lowest BCUT2D eigenvalue weighted by Crippen LogP contribution is -2.35. The van der Waals surface area contributed by atoms with Gasteiger partial charge in [-0.25, -0.2) is 0 Å². The molecule has 1 aliphatic rings. The molecule has 5 heteroatoms. The summed E-state index contributed by atoms with van der Waals surface area (Å²) in [6, 6.07) is 5.28. The summed E-state index contributed by atoms with van der Waals surface area (Å²) in [4.78, 5) is 13.0. The van der Waals surface area contributed by atoms with Crippen molar-refractivity contribution >= 4 is 11.4 Å². The SMILES string of the molecule is Cc1cccc([N+](=O)[O-])c1N1CCC(CCN)CC1. The van der Waals surface area contributed by atoms with Gasteiger partial charge in [-0.3, -0.25) is 10.1 Å². The Kier molecular flexibility index (Phi) is 4.37. The summed E-state index contributed by atoms with van der Waals surface area (Å²) in [6.45, 7) is 4.44. The Morgan fingerprint density at radius 3 is 2.68 bits per heavy atom. The van der Waals surface area contributed by atoms with E-state index in [0.717, 1.165) is 50.1 Å². The fraction of sp³-hybridized carbons (Fsp3) is 0.571. The normalized spacial score (nSPS) is 16.6. The molecule has 0 aliphatic carbocycles. The second-order valence-corrected chi connectivity index (χ2v) is 5.21. The van der Waals surface area contributed by atoms with E-state index in [2.05, 4.69) is 4.90 Å². The zero-order chi connectivity index (χ0) is 13.8. The van der Waals surface area contributed by atoms with Crippen molar-refractivity contribution in [3.63, 3.8) is 0 Å². The molecule has 5 nitrogen and oxygen atoms in total. The predicted octanol–water partition coefficient (Wildman–Crippen LogP) is 2.47. The van der Waals surface area contributed by atoms with Gasteiger partial charge in [0.25, 0.3) is 5.69 Å². The summed E-state index contributed by atoms with van der Waals surface area (Å²) in [5.41, 5.74) is 7.58. The van der Waals surface area contributed by atoms with Crippen molar-refractivity contribution < 1.29 is 4.92 Å². The summed E-state index contributed by atoms with van der Waals surface area (Å²) >= 11 is 0. The molecule has 19 heavy (non-hydrogen) atoms. The van der Waals surface area contributed by atoms with Gasteiger partial charge in [-0.05, 0) is 44.2 Å². The first-order valence-corrected chi connectivity index (χ1v) is 6.82. The smallest absolute Gasteiger partial charge is 0.292 e. The molecule has 1 aromatic rings. The zero-order valence-electron chi connectivity index (χ0n) is 11.3. The molecular weight excluding hydrogens is 242 g/mol. The first-order chi connectivity index (χ1) is 9.13. The van der Waals surface area contributed by atoms with Gasteiger partial charge in [0.15, 0.2) is 0 Å². The maximum absolute atomic E-state index is 11.1. The number of piperidine rings is 1. The minimum atomic E-state index is -0.283. The molecule has 2 rings (SSSR count). The molecule has 0 aromatic heterocycles. The molecule has 0 unspecified atom stereocenters. The van der Waals surface area contributed by atoms with Crippen LogP contribution >= 0.6 is 0 Å². The summed E-state index contributed by atoms with van der Waals surface area (Å²) in [6.07, 6.45) is 3.20. The zero-order valence-corrected chi connectivity index (χ0v) is 11.3. The van der Waals surface area contributed by atoms with E-state index in [-0.39, 0.29) is 10.6 Å². The highest BCUT2D eigenvalue weighted by molar-refractivity contribution is 5.67. The molecular formula is C14H21N3O2. The number of nitrogens with zero attached hydrogens (tertiary/aromatic N) is 2. The number of benzene rings is 1. The number of rotatable bonds is 4. The molecule has 104 valence electrons. The summed E-state index contributed by atoms with van der Waals surface area (Å²) in [5, 5.41) is 11.1. The minimum absolute atomic E-state index is 0.220. The van der Waals surface area contributed by atoms with Crippen molar-refractivity contribution in [2.45, 2.75) is 26.2 Å². The fourth-order valence-corrected chi connectivity index (χ4v) is 2.88. The lowest BCUT2D eigenvalue weighted by molar-refractivity contribution is -0.384. The van der Waals surface area contributed by atoms with Gasteiger partial charge in [0.05, 0.1) is 4.92 Å². The summed E-state index contributed by atoms with van der Waals surface area (Å²) in [7, 11) is 0. The molecule has 2 N–H and O–H groups in total. The number of nitro benzene ring substituents is 1. The van der Waals surface area contributed by atoms with Crippen LogP contribution in [0.5, 0.6) is 0 Å². The standard InChI is InChI=1S/C14H21N3O2/c1-11-3-2-4-13(17(18)19)14(11)16-9-6-12(5-8-15)7-10-16/h2-4,12H,5-10,15H2,1H3. The Labute approximate surface area is 113 Å². The van der Waals surface area contributed by atoms with Crippen LogP contribution in [0.2, 0.25) is 0 Å². The van der Waals surface area contributed by atoms with E-state index in [1.54, 1.807) is 12.1 Å². The lowest BCUT2D eigenvalue weighted by atomic mass is 9.93. The fourth-order valence-electron chi connectivity index (χ4n) is 2.88. The average Bonchev–Trinajstić information content (AvgIpc) is 2.40. The van der Waals surface area contributed by atoms with Crippen molar-refractivity contribution in [3.05, 3.63) is 33.9 Å². The van der Waals surface area contributed by atoms with Gasteiger partial charge in [0.2, 0.25) is 0 Å². The van der Waals surface area contributed by atoms with Crippen LogP contribution < -0.4 is 10.6 Å². The molecule has 1 aromatic carbocycles. The van der Waals surface area contributed by atoms with Gasteiger partial charge < -0.3 is 10.6 Å². The van der Waals surface area contributed by atoms with Crippen LogP contribution in [-0.4, -0.2) is 24.6 Å². The van der Waals surface area contributed by atoms with Crippen LogP contribution in [0.15, 0.2) is 18.2 Å². The van der Waals surface area contributed by atoms with Gasteiger partial charge in [-0.15, -0.1) is 0 Å². The van der Waals surface area contributed by atoms with Crippen molar-refractivity contribution in [3.8, 4) is 0 Å². The lowest BCUT2D eigenvalue weighted by Gasteiger charge is -2.34. The average molecular weight is 263 g/mol. The van der Waals surface area contributed by atoms with Crippen LogP contribution in [0.25, 0.3) is 0 Å². The Morgan fingerprint density at radius 1 is 1.42 bits per heavy atom. The molecule has 0 amide bonds. The van der Waals surface area contributed by atoms with Crippen molar-refractivity contribution in [2.24, 2.45) is 11.7 Å². The van der Waals surface area contributed by atoms with Crippen molar-refractivity contribution in [1.82, 2.24) is 0 Å². The van der Waals surface area contributed by atoms with E-state index in [4.69, 9.17) is 5.73 Å². The Morgan fingerprint density at radius 2 is 2.11 bits per heavy atom. The largest absolute Gasteiger partial charge is 0.366 e.